The number of nitrogens with zero attached hydrogens (tertiary/aromatic N) is 1. The van der Waals surface area contributed by atoms with Crippen molar-refractivity contribution in [2.45, 2.75) is 36.4 Å². The lowest BCUT2D eigenvalue weighted by atomic mass is 9.91. The number of hydrogen-bond donors (Lipinski definition) is 1. The highest BCUT2D eigenvalue weighted by Crippen LogP contribution is 2.29. The monoisotopic (exact) mass is 288 g/mol. The van der Waals surface area contributed by atoms with Gasteiger partial charge in [-0.15, -0.1) is 11.3 Å². The largest absolute Gasteiger partial charge is 0.314 e. The fraction of sp³-hybridized carbons (Fsp3) is 0.667. The predicted octanol–water partition coefficient (Wildman–Crippen LogP) is 1.82. The molecule has 1 aromatic heterocycles. The fourth-order valence-corrected chi connectivity index (χ4v) is 5.03. The number of sulfonamides is 1. The molecule has 0 aliphatic carbocycles. The maximum Gasteiger partial charge on any atom is 0.252 e. The summed E-state index contributed by atoms with van der Waals surface area (Å²) in [6.07, 6.45) is 1.71. The molecule has 1 aliphatic rings. The average molecular weight is 288 g/mol. The van der Waals surface area contributed by atoms with Gasteiger partial charge < -0.3 is 5.32 Å². The Balaban J connectivity index is 2.14. The molecule has 4 nitrogen and oxygen atoms in total. The van der Waals surface area contributed by atoms with E-state index in [1.807, 2.05) is 20.0 Å². The molecule has 102 valence electrons. The Labute approximate surface area is 113 Å². The first-order chi connectivity index (χ1) is 8.37. The van der Waals surface area contributed by atoms with Crippen LogP contribution in [0.2, 0.25) is 0 Å². The Bertz CT molecular complexity index is 514. The molecule has 18 heavy (non-hydrogen) atoms. The average Bonchev–Trinajstić information content (AvgIpc) is 2.77. The lowest BCUT2D eigenvalue weighted by Crippen LogP contribution is -2.51. The van der Waals surface area contributed by atoms with Gasteiger partial charge in [0.1, 0.15) is 4.21 Å². The number of piperidine rings is 1. The van der Waals surface area contributed by atoms with Gasteiger partial charge >= 0.3 is 0 Å². The van der Waals surface area contributed by atoms with Crippen molar-refractivity contribution in [3.63, 3.8) is 0 Å². The second-order valence-corrected chi connectivity index (χ2v) is 8.53. The minimum absolute atomic E-state index is 0.0669. The topological polar surface area (TPSA) is 49.4 Å². The summed E-state index contributed by atoms with van der Waals surface area (Å²) in [5, 5.41) is 3.28. The smallest absolute Gasteiger partial charge is 0.252 e. The second kappa shape index (κ2) is 4.92. The van der Waals surface area contributed by atoms with Crippen LogP contribution in [0.25, 0.3) is 0 Å². The molecule has 0 aromatic carbocycles. The van der Waals surface area contributed by atoms with Crippen molar-refractivity contribution in [2.24, 2.45) is 0 Å². The van der Waals surface area contributed by atoms with Gasteiger partial charge in [-0.3, -0.25) is 0 Å². The van der Waals surface area contributed by atoms with Crippen molar-refractivity contribution >= 4 is 21.4 Å². The molecule has 0 spiro atoms. The van der Waals surface area contributed by atoms with E-state index in [0.29, 0.717) is 17.3 Å². The highest BCUT2D eigenvalue weighted by Gasteiger charge is 2.34. The van der Waals surface area contributed by atoms with Crippen LogP contribution in [-0.2, 0) is 10.0 Å². The standard InChI is InChI=1S/C12H20N2O2S2/c1-10-4-5-11(17-10)18(15,16)14-8-6-12(2,13-3)7-9-14/h4-5,13H,6-9H2,1-3H3. The molecule has 2 rings (SSSR count). The van der Waals surface area contributed by atoms with E-state index in [2.05, 4.69) is 12.2 Å². The van der Waals surface area contributed by atoms with Crippen molar-refractivity contribution in [1.82, 2.24) is 9.62 Å². The van der Waals surface area contributed by atoms with Crippen LogP contribution in [0.5, 0.6) is 0 Å². The quantitative estimate of drug-likeness (QED) is 0.923. The lowest BCUT2D eigenvalue weighted by Gasteiger charge is -2.38. The van der Waals surface area contributed by atoms with Gasteiger partial charge in [0.2, 0.25) is 0 Å². The van der Waals surface area contributed by atoms with Gasteiger partial charge in [-0.25, -0.2) is 8.42 Å². The Morgan fingerprint density at radius 2 is 1.94 bits per heavy atom. The van der Waals surface area contributed by atoms with Gasteiger partial charge in [0.25, 0.3) is 10.0 Å². The summed E-state index contributed by atoms with van der Waals surface area (Å²) in [5.41, 5.74) is 0.0669. The molecule has 6 heteroatoms. The fourth-order valence-electron chi connectivity index (χ4n) is 2.15. The molecule has 0 radical (unpaired) electrons. The van der Waals surface area contributed by atoms with E-state index >= 15 is 0 Å². The first-order valence-corrected chi connectivity index (χ1v) is 8.39. The Morgan fingerprint density at radius 3 is 2.39 bits per heavy atom. The van der Waals surface area contributed by atoms with Crippen molar-refractivity contribution in [3.05, 3.63) is 17.0 Å². The van der Waals surface area contributed by atoms with Crippen LogP contribution in [0.3, 0.4) is 0 Å². The van der Waals surface area contributed by atoms with Crippen LogP contribution >= 0.6 is 11.3 Å². The number of hydrogen-bond acceptors (Lipinski definition) is 4. The van der Waals surface area contributed by atoms with Crippen LogP contribution in [0.1, 0.15) is 24.6 Å². The maximum atomic E-state index is 12.4. The zero-order valence-electron chi connectivity index (χ0n) is 11.1. The summed E-state index contributed by atoms with van der Waals surface area (Å²) in [5.74, 6) is 0. The van der Waals surface area contributed by atoms with Crippen molar-refractivity contribution < 1.29 is 8.42 Å². The predicted molar refractivity (Wildman–Crippen MR) is 74.5 cm³/mol. The number of rotatable bonds is 3. The van der Waals surface area contributed by atoms with E-state index in [1.165, 1.54) is 11.3 Å². The normalized spacial score (nSPS) is 21.1. The van der Waals surface area contributed by atoms with Crippen LogP contribution in [0.4, 0.5) is 0 Å². The molecule has 0 unspecified atom stereocenters. The summed E-state index contributed by atoms with van der Waals surface area (Å²) in [7, 11) is -1.34. The van der Waals surface area contributed by atoms with Crippen molar-refractivity contribution in [3.8, 4) is 0 Å². The van der Waals surface area contributed by atoms with Crippen molar-refractivity contribution in [2.75, 3.05) is 20.1 Å². The zero-order chi connectivity index (χ0) is 13.4. The Hall–Kier alpha value is -0.430. The first-order valence-electron chi connectivity index (χ1n) is 6.13. The van der Waals surface area contributed by atoms with Gasteiger partial charge in [-0.05, 0) is 45.9 Å². The van der Waals surface area contributed by atoms with Crippen LogP contribution < -0.4 is 5.32 Å². The van der Waals surface area contributed by atoms with Gasteiger partial charge in [0.15, 0.2) is 0 Å². The lowest BCUT2D eigenvalue weighted by molar-refractivity contribution is 0.220. The summed E-state index contributed by atoms with van der Waals surface area (Å²) in [4.78, 5) is 1.03. The van der Waals surface area contributed by atoms with E-state index in [1.54, 1.807) is 10.4 Å². The molecular formula is C12H20N2O2S2. The molecule has 0 amide bonds. The third-order valence-corrected chi connectivity index (χ3v) is 7.11. The van der Waals surface area contributed by atoms with Crippen molar-refractivity contribution in [1.29, 1.82) is 0 Å². The summed E-state index contributed by atoms with van der Waals surface area (Å²) >= 11 is 1.35. The molecule has 1 saturated heterocycles. The second-order valence-electron chi connectivity index (χ2n) is 5.08. The summed E-state index contributed by atoms with van der Waals surface area (Å²) in [6.45, 7) is 5.26. The molecule has 0 saturated carbocycles. The van der Waals surface area contributed by atoms with E-state index in [-0.39, 0.29) is 5.54 Å². The molecule has 0 bridgehead atoms. The third kappa shape index (κ3) is 2.61. The van der Waals surface area contributed by atoms with E-state index < -0.39 is 10.0 Å². The minimum atomic E-state index is -3.28. The van der Waals surface area contributed by atoms with Gasteiger partial charge in [0, 0.05) is 23.5 Å². The molecule has 2 heterocycles. The Morgan fingerprint density at radius 1 is 1.33 bits per heavy atom. The van der Waals surface area contributed by atoms with Crippen LogP contribution in [0, 0.1) is 6.92 Å². The highest BCUT2D eigenvalue weighted by atomic mass is 32.2. The van der Waals surface area contributed by atoms with E-state index in [0.717, 1.165) is 17.7 Å². The molecule has 1 fully saturated rings. The van der Waals surface area contributed by atoms with Gasteiger partial charge in [-0.1, -0.05) is 0 Å². The van der Waals surface area contributed by atoms with E-state index in [9.17, 15) is 8.42 Å². The third-order valence-electron chi connectivity index (χ3n) is 3.74. The molecule has 1 aliphatic heterocycles. The number of aryl methyl sites for hydroxylation is 1. The van der Waals surface area contributed by atoms with E-state index in [4.69, 9.17) is 0 Å². The molecule has 1 N–H and O–H groups in total. The first kappa shape index (κ1) is 14.0. The molecule has 1 aromatic rings. The SMILES string of the molecule is CNC1(C)CCN(S(=O)(=O)c2ccc(C)s2)CC1. The van der Waals surface area contributed by atoms with Crippen LogP contribution in [0.15, 0.2) is 16.3 Å². The Kier molecular flexibility index (Phi) is 3.82. The number of nitrogens with one attached hydrogen (secondary N) is 1. The highest BCUT2D eigenvalue weighted by molar-refractivity contribution is 7.91. The molecule has 0 atom stereocenters. The van der Waals surface area contributed by atoms with Gasteiger partial charge in [-0.2, -0.15) is 4.31 Å². The molecular weight excluding hydrogens is 268 g/mol. The summed E-state index contributed by atoms with van der Waals surface area (Å²) in [6, 6.07) is 3.57. The van der Waals surface area contributed by atoms with Crippen LogP contribution in [-0.4, -0.2) is 38.4 Å². The summed E-state index contributed by atoms with van der Waals surface area (Å²) < 4.78 is 26.9. The number of thiophene rings is 1. The zero-order valence-corrected chi connectivity index (χ0v) is 12.7. The van der Waals surface area contributed by atoms with Gasteiger partial charge in [0.05, 0.1) is 0 Å². The minimum Gasteiger partial charge on any atom is -0.314 e. The maximum absolute atomic E-state index is 12.4.